The first-order valence-electron chi connectivity index (χ1n) is 8.47. The van der Waals surface area contributed by atoms with E-state index in [1.807, 2.05) is 37.3 Å². The molecule has 1 aromatic carbocycles. The first kappa shape index (κ1) is 21.3. The topological polar surface area (TPSA) is 58.8 Å². The Morgan fingerprint density at radius 3 is 2.64 bits per heavy atom. The molecule has 0 fully saturated rings. The molecule has 138 valence electrons. The lowest BCUT2D eigenvalue weighted by atomic mass is 10.0. The zero-order chi connectivity index (χ0) is 17.2. The van der Waals surface area contributed by atoms with E-state index in [1.165, 1.54) is 5.56 Å². The number of hydrogen-bond acceptors (Lipinski definition) is 3. The highest BCUT2D eigenvalue weighted by Crippen LogP contribution is 2.25. The van der Waals surface area contributed by atoms with Crippen LogP contribution >= 0.6 is 24.0 Å². The van der Waals surface area contributed by atoms with Gasteiger partial charge in [0.05, 0.1) is 12.8 Å². The maximum atomic E-state index is 5.91. The number of rotatable bonds is 8. The molecule has 6 heteroatoms. The molecular weight excluding hydrogens is 429 g/mol. The number of halogens is 1. The van der Waals surface area contributed by atoms with E-state index in [0.29, 0.717) is 25.6 Å². The van der Waals surface area contributed by atoms with E-state index in [4.69, 9.17) is 9.15 Å². The molecule has 0 aliphatic heterocycles. The summed E-state index contributed by atoms with van der Waals surface area (Å²) in [5, 5.41) is 6.49. The van der Waals surface area contributed by atoms with E-state index in [0.717, 1.165) is 24.0 Å². The van der Waals surface area contributed by atoms with Crippen molar-refractivity contribution in [3.05, 3.63) is 54.0 Å². The minimum Gasteiger partial charge on any atom is -0.491 e. The number of guanidine groups is 1. The highest BCUT2D eigenvalue weighted by atomic mass is 127. The fraction of sp³-hybridized carbons (Fsp3) is 0.421. The molecule has 2 N–H and O–H groups in total. The number of nitrogens with zero attached hydrogens (tertiary/aromatic N) is 1. The average molecular weight is 457 g/mol. The monoisotopic (exact) mass is 457 g/mol. The number of nitrogens with one attached hydrogen (secondary N) is 2. The van der Waals surface area contributed by atoms with Gasteiger partial charge in [0.1, 0.15) is 24.7 Å². The molecular formula is C19H28IN3O2. The van der Waals surface area contributed by atoms with Crippen LogP contribution in [-0.2, 0) is 6.54 Å². The maximum absolute atomic E-state index is 5.91. The molecule has 1 heterocycles. The zero-order valence-corrected chi connectivity index (χ0v) is 17.4. The molecule has 0 aliphatic carbocycles. The Bertz CT molecular complexity index is 627. The van der Waals surface area contributed by atoms with Gasteiger partial charge in [-0.3, -0.25) is 0 Å². The Morgan fingerprint density at radius 2 is 1.96 bits per heavy atom. The second kappa shape index (κ2) is 11.8. The predicted octanol–water partition coefficient (Wildman–Crippen LogP) is 4.16. The summed E-state index contributed by atoms with van der Waals surface area (Å²) in [6.45, 7) is 8.96. The van der Waals surface area contributed by atoms with Crippen LogP contribution in [0.5, 0.6) is 5.75 Å². The normalized spacial score (nSPS) is 11.1. The van der Waals surface area contributed by atoms with Crippen molar-refractivity contribution in [2.45, 2.75) is 33.2 Å². The molecule has 0 radical (unpaired) electrons. The van der Waals surface area contributed by atoms with Crippen molar-refractivity contribution in [3.63, 3.8) is 0 Å². The lowest BCUT2D eigenvalue weighted by Crippen LogP contribution is -2.39. The van der Waals surface area contributed by atoms with Gasteiger partial charge in [-0.2, -0.15) is 0 Å². The molecule has 2 rings (SSSR count). The van der Waals surface area contributed by atoms with Gasteiger partial charge in [-0.1, -0.05) is 32.0 Å². The molecule has 25 heavy (non-hydrogen) atoms. The highest BCUT2D eigenvalue weighted by molar-refractivity contribution is 14.0. The van der Waals surface area contributed by atoms with Gasteiger partial charge in [0.15, 0.2) is 5.96 Å². The van der Waals surface area contributed by atoms with Gasteiger partial charge >= 0.3 is 0 Å². The van der Waals surface area contributed by atoms with E-state index in [2.05, 4.69) is 35.5 Å². The van der Waals surface area contributed by atoms with Crippen molar-refractivity contribution in [2.75, 3.05) is 19.7 Å². The molecule has 0 unspecified atom stereocenters. The summed E-state index contributed by atoms with van der Waals surface area (Å²) >= 11 is 0. The summed E-state index contributed by atoms with van der Waals surface area (Å²) in [5.74, 6) is 3.00. The highest BCUT2D eigenvalue weighted by Gasteiger charge is 2.06. The number of ether oxygens (including phenoxy) is 1. The molecule has 0 saturated heterocycles. The van der Waals surface area contributed by atoms with Gasteiger partial charge < -0.3 is 19.8 Å². The zero-order valence-electron chi connectivity index (χ0n) is 15.1. The van der Waals surface area contributed by atoms with Gasteiger partial charge in [-0.05, 0) is 36.6 Å². The van der Waals surface area contributed by atoms with Crippen LogP contribution in [0.1, 0.15) is 38.0 Å². The Labute approximate surface area is 167 Å². The number of aliphatic imine (C=N–C) groups is 1. The fourth-order valence-electron chi connectivity index (χ4n) is 2.32. The average Bonchev–Trinajstić information content (AvgIpc) is 3.10. The van der Waals surface area contributed by atoms with Crippen LogP contribution in [0.4, 0.5) is 0 Å². The number of hydrogen-bond donors (Lipinski definition) is 2. The molecule has 0 bridgehead atoms. The first-order chi connectivity index (χ1) is 11.7. The molecule has 1 aromatic heterocycles. The van der Waals surface area contributed by atoms with Gasteiger partial charge in [0.2, 0.25) is 0 Å². The Hall–Kier alpha value is -1.70. The summed E-state index contributed by atoms with van der Waals surface area (Å²) in [5.41, 5.74) is 1.23. The third kappa shape index (κ3) is 7.37. The lowest BCUT2D eigenvalue weighted by molar-refractivity contribution is 0.317. The quantitative estimate of drug-likeness (QED) is 0.271. The van der Waals surface area contributed by atoms with Crippen molar-refractivity contribution >= 4 is 29.9 Å². The van der Waals surface area contributed by atoms with Crippen LogP contribution in [0.15, 0.2) is 52.1 Å². The molecule has 0 atom stereocenters. The second-order valence-corrected chi connectivity index (χ2v) is 5.74. The summed E-state index contributed by atoms with van der Waals surface area (Å²) in [4.78, 5) is 4.49. The summed E-state index contributed by atoms with van der Waals surface area (Å²) in [7, 11) is 0. The smallest absolute Gasteiger partial charge is 0.191 e. The molecule has 0 spiro atoms. The molecule has 0 amide bonds. The third-order valence-corrected chi connectivity index (χ3v) is 3.51. The van der Waals surface area contributed by atoms with Crippen LogP contribution < -0.4 is 15.4 Å². The fourth-order valence-corrected chi connectivity index (χ4v) is 2.32. The minimum absolute atomic E-state index is 0. The van der Waals surface area contributed by atoms with Crippen LogP contribution in [0.2, 0.25) is 0 Å². The minimum atomic E-state index is 0. The van der Waals surface area contributed by atoms with Crippen molar-refractivity contribution < 1.29 is 9.15 Å². The van der Waals surface area contributed by atoms with Crippen LogP contribution in [0.3, 0.4) is 0 Å². The van der Waals surface area contributed by atoms with E-state index in [-0.39, 0.29) is 24.0 Å². The van der Waals surface area contributed by atoms with Crippen molar-refractivity contribution in [2.24, 2.45) is 4.99 Å². The van der Waals surface area contributed by atoms with Gasteiger partial charge in [0.25, 0.3) is 0 Å². The Balaban J connectivity index is 0.00000312. The summed E-state index contributed by atoms with van der Waals surface area (Å²) in [6.07, 6.45) is 1.66. The van der Waals surface area contributed by atoms with Gasteiger partial charge in [-0.15, -0.1) is 24.0 Å². The van der Waals surface area contributed by atoms with Gasteiger partial charge in [-0.25, -0.2) is 4.99 Å². The van der Waals surface area contributed by atoms with Crippen LogP contribution in [0, 0.1) is 0 Å². The van der Waals surface area contributed by atoms with E-state index in [1.54, 1.807) is 6.26 Å². The Kier molecular flexibility index (Phi) is 10.1. The van der Waals surface area contributed by atoms with Crippen molar-refractivity contribution in [1.82, 2.24) is 10.6 Å². The molecule has 2 aromatic rings. The molecule has 5 nitrogen and oxygen atoms in total. The number of benzene rings is 1. The lowest BCUT2D eigenvalue weighted by Gasteiger charge is -2.15. The third-order valence-electron chi connectivity index (χ3n) is 3.51. The predicted molar refractivity (Wildman–Crippen MR) is 113 cm³/mol. The van der Waals surface area contributed by atoms with E-state index in [9.17, 15) is 0 Å². The van der Waals surface area contributed by atoms with E-state index >= 15 is 0 Å². The number of para-hydroxylation sites is 1. The first-order valence-corrected chi connectivity index (χ1v) is 8.47. The number of furan rings is 1. The van der Waals surface area contributed by atoms with Crippen molar-refractivity contribution in [1.29, 1.82) is 0 Å². The molecule has 0 saturated carbocycles. The van der Waals surface area contributed by atoms with E-state index < -0.39 is 0 Å². The molecule has 0 aliphatic rings. The summed E-state index contributed by atoms with van der Waals surface area (Å²) < 4.78 is 11.2. The van der Waals surface area contributed by atoms with Gasteiger partial charge in [0, 0.05) is 6.54 Å². The summed E-state index contributed by atoms with van der Waals surface area (Å²) in [6, 6.07) is 12.0. The second-order valence-electron chi connectivity index (χ2n) is 5.74. The maximum Gasteiger partial charge on any atom is 0.191 e. The van der Waals surface area contributed by atoms with Crippen LogP contribution in [0.25, 0.3) is 0 Å². The Morgan fingerprint density at radius 1 is 1.16 bits per heavy atom. The SMILES string of the molecule is CCNC(=NCc1ccco1)NCCOc1ccccc1C(C)C.I. The largest absolute Gasteiger partial charge is 0.491 e. The van der Waals surface area contributed by atoms with Crippen molar-refractivity contribution in [3.8, 4) is 5.75 Å². The van der Waals surface area contributed by atoms with Crippen LogP contribution in [-0.4, -0.2) is 25.7 Å². The standard InChI is InChI=1S/C19H27N3O2.HI/c1-4-20-19(22-14-16-8-7-12-23-16)21-11-13-24-18-10-6-5-9-17(18)15(2)3;/h5-10,12,15H,4,11,13-14H2,1-3H3,(H2,20,21,22);1H.